The molecule has 1 aliphatic carbocycles. The van der Waals surface area contributed by atoms with Gasteiger partial charge in [-0.3, -0.25) is 4.99 Å². The van der Waals surface area contributed by atoms with Crippen LogP contribution in [0.1, 0.15) is 65.2 Å². The minimum atomic E-state index is 0.597. The van der Waals surface area contributed by atoms with E-state index in [1.807, 2.05) is 0 Å². The molecule has 0 aromatic carbocycles. The van der Waals surface area contributed by atoms with Gasteiger partial charge in [-0.25, -0.2) is 4.99 Å². The molecule has 0 radical (unpaired) electrons. The Balaban J connectivity index is 1.81. The molecule has 2 aliphatic heterocycles. The highest BCUT2D eigenvalue weighted by atomic mass is 15.3. The van der Waals surface area contributed by atoms with Crippen LogP contribution in [0.2, 0.25) is 0 Å². The molecule has 3 heteroatoms. The molecule has 0 aromatic rings. The van der Waals surface area contributed by atoms with Gasteiger partial charge in [0.1, 0.15) is 18.8 Å². The second kappa shape index (κ2) is 5.87. The lowest BCUT2D eigenvalue weighted by atomic mass is 9.72. The summed E-state index contributed by atoms with van der Waals surface area (Å²) in [5, 5.41) is 0. The average molecular weight is 275 g/mol. The van der Waals surface area contributed by atoms with Gasteiger partial charge in [0.15, 0.2) is 0 Å². The number of aliphatic imine (C=N–C) groups is 2. The topological polar surface area (TPSA) is 28.0 Å². The number of hydrogen-bond donors (Lipinski definition) is 0. The quantitative estimate of drug-likeness (QED) is 0.708. The predicted molar refractivity (Wildman–Crippen MR) is 85.2 cm³/mol. The number of rotatable bonds is 1. The van der Waals surface area contributed by atoms with Crippen LogP contribution in [0.15, 0.2) is 9.98 Å². The van der Waals surface area contributed by atoms with Gasteiger partial charge in [-0.15, -0.1) is 0 Å². The van der Waals surface area contributed by atoms with Crippen molar-refractivity contribution in [3.8, 4) is 0 Å². The molecule has 20 heavy (non-hydrogen) atoms. The lowest BCUT2D eigenvalue weighted by molar-refractivity contribution is 0.154. The van der Waals surface area contributed by atoms with Gasteiger partial charge in [0.25, 0.3) is 0 Å². The maximum absolute atomic E-state index is 4.56. The van der Waals surface area contributed by atoms with E-state index in [-0.39, 0.29) is 0 Å². The molecule has 112 valence electrons. The van der Waals surface area contributed by atoms with Crippen molar-refractivity contribution in [2.75, 3.05) is 13.2 Å². The lowest BCUT2D eigenvalue weighted by Crippen LogP contribution is -2.39. The Morgan fingerprint density at radius 3 is 3.05 bits per heavy atom. The first-order chi connectivity index (χ1) is 9.73. The SMILES string of the molecule is CCC1C2CCC1(C)CCCCCC1=NC=NCN1C2. The van der Waals surface area contributed by atoms with Crippen molar-refractivity contribution >= 4 is 12.2 Å². The Labute approximate surface area is 123 Å². The third-order valence-electron chi connectivity index (χ3n) is 6.00. The Bertz CT molecular complexity index is 401. The molecule has 1 saturated heterocycles. The number of nitrogens with zero attached hydrogens (tertiary/aromatic N) is 3. The molecule has 2 heterocycles. The van der Waals surface area contributed by atoms with Gasteiger partial charge in [-0.05, 0) is 42.9 Å². The highest BCUT2D eigenvalue weighted by Crippen LogP contribution is 2.51. The molecule has 1 saturated carbocycles. The van der Waals surface area contributed by atoms with Crippen molar-refractivity contribution in [3.63, 3.8) is 0 Å². The Kier molecular flexibility index (Phi) is 4.13. The van der Waals surface area contributed by atoms with Gasteiger partial charge in [0, 0.05) is 13.0 Å². The van der Waals surface area contributed by atoms with Crippen molar-refractivity contribution < 1.29 is 0 Å². The maximum atomic E-state index is 4.56. The van der Waals surface area contributed by atoms with Crippen molar-refractivity contribution in [2.45, 2.75) is 65.2 Å². The van der Waals surface area contributed by atoms with Crippen LogP contribution < -0.4 is 0 Å². The lowest BCUT2D eigenvalue weighted by Gasteiger charge is -2.36. The molecule has 3 aliphatic rings. The molecule has 3 rings (SSSR count). The normalized spacial score (nSPS) is 38.1. The zero-order valence-electron chi connectivity index (χ0n) is 13.1. The van der Waals surface area contributed by atoms with Crippen LogP contribution in [0.25, 0.3) is 0 Å². The van der Waals surface area contributed by atoms with Gasteiger partial charge in [-0.2, -0.15) is 0 Å². The van der Waals surface area contributed by atoms with Crippen LogP contribution in [-0.4, -0.2) is 30.3 Å². The van der Waals surface area contributed by atoms with E-state index in [4.69, 9.17) is 0 Å². The summed E-state index contributed by atoms with van der Waals surface area (Å²) in [6.07, 6.45) is 12.6. The summed E-state index contributed by atoms with van der Waals surface area (Å²) in [4.78, 5) is 11.4. The molecule has 3 atom stereocenters. The standard InChI is InChI=1S/C17H29N3/c1-3-15-14-8-10-17(15,2)9-6-4-5-7-16-19-12-18-13-20(16)11-14/h12,14-15H,3-11,13H2,1-2H3. The molecule has 0 N–H and O–H groups in total. The predicted octanol–water partition coefficient (Wildman–Crippen LogP) is 4.09. The number of fused-ring (bicyclic) bond motifs is 3. The van der Waals surface area contributed by atoms with E-state index in [9.17, 15) is 0 Å². The zero-order chi connectivity index (χ0) is 14.0. The number of hydrogen-bond acceptors (Lipinski definition) is 3. The smallest absolute Gasteiger partial charge is 0.114 e. The molecule has 3 nitrogen and oxygen atoms in total. The van der Waals surface area contributed by atoms with Gasteiger partial charge >= 0.3 is 0 Å². The van der Waals surface area contributed by atoms with Crippen LogP contribution in [0.5, 0.6) is 0 Å². The molecule has 0 amide bonds. The van der Waals surface area contributed by atoms with E-state index in [1.165, 1.54) is 57.3 Å². The van der Waals surface area contributed by atoms with Crippen LogP contribution in [-0.2, 0) is 0 Å². The van der Waals surface area contributed by atoms with Crippen molar-refractivity contribution in [1.82, 2.24) is 4.90 Å². The maximum Gasteiger partial charge on any atom is 0.114 e. The Morgan fingerprint density at radius 1 is 1.30 bits per heavy atom. The Morgan fingerprint density at radius 2 is 2.20 bits per heavy atom. The summed E-state index contributed by atoms with van der Waals surface area (Å²) in [5.74, 6) is 3.04. The highest BCUT2D eigenvalue weighted by Gasteiger charge is 2.44. The second-order valence-corrected chi connectivity index (χ2v) is 7.24. The monoisotopic (exact) mass is 275 g/mol. The van der Waals surface area contributed by atoms with Crippen molar-refractivity contribution in [3.05, 3.63) is 0 Å². The first kappa shape index (κ1) is 14.1. The first-order valence-corrected chi connectivity index (χ1v) is 8.53. The van der Waals surface area contributed by atoms with E-state index in [1.54, 1.807) is 6.34 Å². The summed E-state index contributed by atoms with van der Waals surface area (Å²) >= 11 is 0. The van der Waals surface area contributed by atoms with Crippen LogP contribution >= 0.6 is 0 Å². The molecule has 2 bridgehead atoms. The van der Waals surface area contributed by atoms with Gasteiger partial charge in [0.2, 0.25) is 0 Å². The first-order valence-electron chi connectivity index (χ1n) is 8.53. The second-order valence-electron chi connectivity index (χ2n) is 7.24. The van der Waals surface area contributed by atoms with E-state index in [0.717, 1.165) is 24.9 Å². The van der Waals surface area contributed by atoms with Crippen molar-refractivity contribution in [1.29, 1.82) is 0 Å². The molecule has 0 aromatic heterocycles. The van der Waals surface area contributed by atoms with E-state index in [0.29, 0.717) is 5.41 Å². The third-order valence-corrected chi connectivity index (χ3v) is 6.00. The summed E-state index contributed by atoms with van der Waals surface area (Å²) in [6.45, 7) is 6.97. The summed E-state index contributed by atoms with van der Waals surface area (Å²) < 4.78 is 0. The molecule has 0 spiro atoms. The van der Waals surface area contributed by atoms with Crippen LogP contribution in [0.3, 0.4) is 0 Å². The largest absolute Gasteiger partial charge is 0.340 e. The third kappa shape index (κ3) is 2.64. The summed E-state index contributed by atoms with van der Waals surface area (Å²) in [6, 6.07) is 0. The molecule has 3 unspecified atom stereocenters. The van der Waals surface area contributed by atoms with Gasteiger partial charge in [-0.1, -0.05) is 33.1 Å². The highest BCUT2D eigenvalue weighted by molar-refractivity contribution is 5.90. The minimum absolute atomic E-state index is 0.597. The van der Waals surface area contributed by atoms with E-state index < -0.39 is 0 Å². The average Bonchev–Trinajstić information content (AvgIpc) is 2.74. The summed E-state index contributed by atoms with van der Waals surface area (Å²) in [5.41, 5.74) is 0.597. The van der Waals surface area contributed by atoms with Crippen LogP contribution in [0, 0.1) is 17.3 Å². The van der Waals surface area contributed by atoms with Crippen LogP contribution in [0.4, 0.5) is 0 Å². The molecular weight excluding hydrogens is 246 g/mol. The van der Waals surface area contributed by atoms with Crippen molar-refractivity contribution in [2.24, 2.45) is 27.2 Å². The molecule has 2 fully saturated rings. The van der Waals surface area contributed by atoms with Gasteiger partial charge in [0.05, 0.1) is 0 Å². The Hall–Kier alpha value is -0.860. The molecular formula is C17H29N3. The van der Waals surface area contributed by atoms with Gasteiger partial charge < -0.3 is 4.90 Å². The number of amidine groups is 1. The fourth-order valence-corrected chi connectivity index (χ4v) is 4.89. The fraction of sp³-hybridized carbons (Fsp3) is 0.882. The zero-order valence-corrected chi connectivity index (χ0v) is 13.1. The van der Waals surface area contributed by atoms with E-state index in [2.05, 4.69) is 28.7 Å². The summed E-state index contributed by atoms with van der Waals surface area (Å²) in [7, 11) is 0. The van der Waals surface area contributed by atoms with E-state index >= 15 is 0 Å². The minimum Gasteiger partial charge on any atom is -0.340 e. The fourth-order valence-electron chi connectivity index (χ4n) is 4.89.